The second-order valence-corrected chi connectivity index (χ2v) is 5.11. The minimum Gasteiger partial charge on any atom is -0.389 e. The summed E-state index contributed by atoms with van der Waals surface area (Å²) in [4.78, 5) is 0.214. The largest absolute Gasteiger partial charge is 0.389 e. The fourth-order valence-electron chi connectivity index (χ4n) is 1.47. The molecule has 1 atom stereocenters. The zero-order chi connectivity index (χ0) is 12.8. The van der Waals surface area contributed by atoms with Gasteiger partial charge in [-0.25, -0.2) is 4.39 Å². The summed E-state index contributed by atoms with van der Waals surface area (Å²) < 4.78 is 13.8. The van der Waals surface area contributed by atoms with Crippen LogP contribution in [0.4, 0.5) is 10.1 Å². The van der Waals surface area contributed by atoms with E-state index in [2.05, 4.69) is 12.2 Å². The molecule has 5 heteroatoms. The summed E-state index contributed by atoms with van der Waals surface area (Å²) in [6.07, 6.45) is 2.99. The minimum atomic E-state index is -0.310. The Morgan fingerprint density at radius 2 is 2.29 bits per heavy atom. The van der Waals surface area contributed by atoms with Crippen LogP contribution in [0.3, 0.4) is 0 Å². The van der Waals surface area contributed by atoms with E-state index in [1.165, 1.54) is 6.07 Å². The van der Waals surface area contributed by atoms with E-state index in [-0.39, 0.29) is 16.8 Å². The van der Waals surface area contributed by atoms with E-state index in [1.807, 2.05) is 6.26 Å². The molecule has 0 spiro atoms. The third kappa shape index (κ3) is 4.16. The van der Waals surface area contributed by atoms with E-state index >= 15 is 0 Å². The molecule has 0 fully saturated rings. The highest BCUT2D eigenvalue weighted by Gasteiger charge is 2.09. The molecule has 0 saturated heterocycles. The van der Waals surface area contributed by atoms with Crippen LogP contribution in [0.1, 0.15) is 18.9 Å². The molecule has 0 aromatic heterocycles. The zero-order valence-electron chi connectivity index (χ0n) is 10.00. The van der Waals surface area contributed by atoms with Crippen molar-refractivity contribution >= 4 is 34.7 Å². The molecule has 0 aliphatic heterocycles. The molecule has 17 heavy (non-hydrogen) atoms. The summed E-state index contributed by atoms with van der Waals surface area (Å²) in [7, 11) is 0. The van der Waals surface area contributed by atoms with Gasteiger partial charge in [-0.05, 0) is 30.9 Å². The first-order valence-electron chi connectivity index (χ1n) is 5.43. The van der Waals surface area contributed by atoms with Crippen molar-refractivity contribution in [1.29, 1.82) is 0 Å². The molecule has 1 unspecified atom stereocenters. The van der Waals surface area contributed by atoms with Gasteiger partial charge in [-0.3, -0.25) is 0 Å². The van der Waals surface area contributed by atoms with Gasteiger partial charge in [-0.2, -0.15) is 11.8 Å². The first-order valence-corrected chi connectivity index (χ1v) is 7.23. The van der Waals surface area contributed by atoms with Crippen molar-refractivity contribution in [2.24, 2.45) is 5.73 Å². The standard InChI is InChI=1S/C12H17FN2S2/c1-3-9(7-17-2)15-11-5-4-8(12(14)16)6-10(11)13/h4-6,9,15H,3,7H2,1-2H3,(H2,14,16). The topological polar surface area (TPSA) is 38.0 Å². The zero-order valence-corrected chi connectivity index (χ0v) is 11.6. The van der Waals surface area contributed by atoms with E-state index in [9.17, 15) is 4.39 Å². The Morgan fingerprint density at radius 3 is 2.76 bits per heavy atom. The molecular weight excluding hydrogens is 255 g/mol. The summed E-state index contributed by atoms with van der Waals surface area (Å²) >= 11 is 6.55. The van der Waals surface area contributed by atoms with E-state index in [0.29, 0.717) is 11.3 Å². The smallest absolute Gasteiger partial charge is 0.146 e. The van der Waals surface area contributed by atoms with Crippen LogP contribution in [0.25, 0.3) is 0 Å². The Kier molecular flexibility index (Phi) is 5.71. The molecule has 0 radical (unpaired) electrons. The average Bonchev–Trinajstić information content (AvgIpc) is 2.30. The summed E-state index contributed by atoms with van der Waals surface area (Å²) in [5, 5.41) is 3.18. The molecule has 0 aliphatic carbocycles. The first-order chi connectivity index (χ1) is 8.08. The van der Waals surface area contributed by atoms with Gasteiger partial charge in [0, 0.05) is 17.4 Å². The van der Waals surface area contributed by atoms with Gasteiger partial charge >= 0.3 is 0 Å². The van der Waals surface area contributed by atoms with Crippen LogP contribution in [-0.4, -0.2) is 23.0 Å². The number of halogens is 1. The fraction of sp³-hybridized carbons (Fsp3) is 0.417. The average molecular weight is 272 g/mol. The van der Waals surface area contributed by atoms with E-state index < -0.39 is 0 Å². The Bertz CT molecular complexity index is 396. The number of thioether (sulfide) groups is 1. The predicted octanol–water partition coefficient (Wildman–Crippen LogP) is 3.01. The third-order valence-corrected chi connectivity index (χ3v) is 3.45. The van der Waals surface area contributed by atoms with Crippen molar-refractivity contribution in [2.75, 3.05) is 17.3 Å². The fourth-order valence-corrected chi connectivity index (χ4v) is 2.32. The molecule has 1 aromatic carbocycles. The molecule has 0 amide bonds. The number of anilines is 1. The molecular formula is C12H17FN2S2. The van der Waals surface area contributed by atoms with Gasteiger partial charge in [0.05, 0.1) is 5.69 Å². The van der Waals surface area contributed by atoms with Gasteiger partial charge in [0.25, 0.3) is 0 Å². The molecule has 94 valence electrons. The van der Waals surface area contributed by atoms with Crippen LogP contribution >= 0.6 is 24.0 Å². The minimum absolute atomic E-state index is 0.214. The second kappa shape index (κ2) is 6.81. The highest BCUT2D eigenvalue weighted by atomic mass is 32.2. The van der Waals surface area contributed by atoms with Crippen molar-refractivity contribution in [2.45, 2.75) is 19.4 Å². The molecule has 3 N–H and O–H groups in total. The van der Waals surface area contributed by atoms with Gasteiger partial charge in [0.1, 0.15) is 10.8 Å². The molecule has 0 saturated carbocycles. The maximum atomic E-state index is 13.8. The van der Waals surface area contributed by atoms with Crippen molar-refractivity contribution < 1.29 is 4.39 Å². The monoisotopic (exact) mass is 272 g/mol. The highest BCUT2D eigenvalue weighted by Crippen LogP contribution is 2.18. The van der Waals surface area contributed by atoms with E-state index in [1.54, 1.807) is 23.9 Å². The summed E-state index contributed by atoms with van der Waals surface area (Å²) in [5.74, 6) is 0.641. The summed E-state index contributed by atoms with van der Waals surface area (Å²) in [6, 6.07) is 5.07. The molecule has 0 aliphatic rings. The number of thiocarbonyl (C=S) groups is 1. The number of nitrogens with one attached hydrogen (secondary N) is 1. The van der Waals surface area contributed by atoms with Crippen molar-refractivity contribution in [3.8, 4) is 0 Å². The normalized spacial score (nSPS) is 12.2. The maximum absolute atomic E-state index is 13.8. The molecule has 2 nitrogen and oxygen atoms in total. The third-order valence-electron chi connectivity index (χ3n) is 2.47. The lowest BCUT2D eigenvalue weighted by molar-refractivity contribution is 0.625. The van der Waals surface area contributed by atoms with Gasteiger partial charge in [-0.15, -0.1) is 0 Å². The second-order valence-electron chi connectivity index (χ2n) is 3.76. The lowest BCUT2D eigenvalue weighted by atomic mass is 10.1. The quantitative estimate of drug-likeness (QED) is 0.781. The van der Waals surface area contributed by atoms with Gasteiger partial charge in [0.2, 0.25) is 0 Å². The number of rotatable bonds is 6. The molecule has 1 aromatic rings. The Balaban J connectivity index is 2.81. The lowest BCUT2D eigenvalue weighted by Gasteiger charge is -2.17. The maximum Gasteiger partial charge on any atom is 0.146 e. The first kappa shape index (κ1) is 14.3. The Morgan fingerprint density at radius 1 is 1.59 bits per heavy atom. The van der Waals surface area contributed by atoms with E-state index in [4.69, 9.17) is 18.0 Å². The predicted molar refractivity (Wildman–Crippen MR) is 78.4 cm³/mol. The van der Waals surface area contributed by atoms with Gasteiger partial charge < -0.3 is 11.1 Å². The van der Waals surface area contributed by atoms with Crippen molar-refractivity contribution in [3.05, 3.63) is 29.6 Å². The van der Waals surface area contributed by atoms with Gasteiger partial charge in [-0.1, -0.05) is 19.1 Å². The van der Waals surface area contributed by atoms with E-state index in [0.717, 1.165) is 12.2 Å². The van der Waals surface area contributed by atoms with Crippen LogP contribution in [0.5, 0.6) is 0 Å². The lowest BCUT2D eigenvalue weighted by Crippen LogP contribution is -2.22. The number of nitrogens with two attached hydrogens (primary N) is 1. The molecule has 1 rings (SSSR count). The van der Waals surface area contributed by atoms with Gasteiger partial charge in [0.15, 0.2) is 0 Å². The highest BCUT2D eigenvalue weighted by molar-refractivity contribution is 7.98. The molecule has 0 heterocycles. The van der Waals surface area contributed by atoms with Crippen LogP contribution < -0.4 is 11.1 Å². The van der Waals surface area contributed by atoms with Crippen LogP contribution in [-0.2, 0) is 0 Å². The molecule has 0 bridgehead atoms. The number of benzene rings is 1. The van der Waals surface area contributed by atoms with Crippen LogP contribution in [0.2, 0.25) is 0 Å². The van der Waals surface area contributed by atoms with Crippen LogP contribution in [0, 0.1) is 5.82 Å². The summed E-state index contributed by atoms with van der Waals surface area (Å²) in [5.41, 5.74) is 6.51. The Labute approximate surface area is 111 Å². The van der Waals surface area contributed by atoms with Crippen LogP contribution in [0.15, 0.2) is 18.2 Å². The number of hydrogen-bond acceptors (Lipinski definition) is 3. The SMILES string of the molecule is CCC(CSC)Nc1ccc(C(N)=S)cc1F. The Hall–Kier alpha value is -0.810. The van der Waals surface area contributed by atoms with Crippen molar-refractivity contribution in [3.63, 3.8) is 0 Å². The summed E-state index contributed by atoms with van der Waals surface area (Å²) in [6.45, 7) is 2.08. The van der Waals surface area contributed by atoms with Crippen molar-refractivity contribution in [1.82, 2.24) is 0 Å². The number of hydrogen-bond donors (Lipinski definition) is 2.